The summed E-state index contributed by atoms with van der Waals surface area (Å²) in [4.78, 5) is 26.8. The van der Waals surface area contributed by atoms with E-state index in [0.717, 1.165) is 55.2 Å². The summed E-state index contributed by atoms with van der Waals surface area (Å²) in [5.41, 5.74) is 2.14. The summed E-state index contributed by atoms with van der Waals surface area (Å²) in [6, 6.07) is 12.0. The fourth-order valence-electron chi connectivity index (χ4n) is 4.28. The third kappa shape index (κ3) is 5.27. The molecule has 0 unspecified atom stereocenters. The van der Waals surface area contributed by atoms with E-state index in [4.69, 9.17) is 12.2 Å². The lowest BCUT2D eigenvalue weighted by molar-refractivity contribution is -0.384. The minimum absolute atomic E-state index is 0.0799. The maximum atomic E-state index is 12.8. The van der Waals surface area contributed by atoms with Gasteiger partial charge in [0, 0.05) is 42.4 Å². The Bertz CT molecular complexity index is 1490. The molecule has 0 radical (unpaired) electrons. The number of aromatic nitrogens is 4. The molecule has 2 N–H and O–H groups in total. The minimum Gasteiger partial charge on any atom is -0.366 e. The number of thiocarbonyl (C=S) groups is 1. The number of carbonyl (C=O) groups is 1. The van der Waals surface area contributed by atoms with Gasteiger partial charge < -0.3 is 10.2 Å². The fourth-order valence-corrected chi connectivity index (χ4v) is 5.34. The van der Waals surface area contributed by atoms with Crippen LogP contribution in [0.5, 0.6) is 0 Å². The number of benzene rings is 2. The van der Waals surface area contributed by atoms with Crippen LogP contribution in [0.3, 0.4) is 0 Å². The molecular weight excluding hydrogens is 512 g/mol. The number of nitro groups is 1. The molecular formula is C24H24N8O3S2. The monoisotopic (exact) mass is 536 g/mol. The Morgan fingerprint density at radius 3 is 2.73 bits per heavy atom. The van der Waals surface area contributed by atoms with E-state index in [1.807, 2.05) is 36.1 Å². The van der Waals surface area contributed by atoms with Gasteiger partial charge in [-0.15, -0.1) is 10.2 Å². The smallest absolute Gasteiger partial charge is 0.293 e. The number of rotatable bonds is 6. The van der Waals surface area contributed by atoms with Crippen molar-refractivity contribution in [2.45, 2.75) is 32.6 Å². The summed E-state index contributed by atoms with van der Waals surface area (Å²) in [6.45, 7) is 3.53. The van der Waals surface area contributed by atoms with Gasteiger partial charge >= 0.3 is 0 Å². The van der Waals surface area contributed by atoms with Crippen LogP contribution in [0.2, 0.25) is 0 Å². The molecule has 11 nitrogen and oxygen atoms in total. The third-order valence-electron chi connectivity index (χ3n) is 6.10. The summed E-state index contributed by atoms with van der Waals surface area (Å²) >= 11 is 6.76. The van der Waals surface area contributed by atoms with Crippen LogP contribution in [-0.2, 0) is 6.42 Å². The van der Waals surface area contributed by atoms with Crippen LogP contribution in [0.4, 0.5) is 17.1 Å². The summed E-state index contributed by atoms with van der Waals surface area (Å²) in [7, 11) is 0. The average molecular weight is 537 g/mol. The van der Waals surface area contributed by atoms with Crippen LogP contribution >= 0.6 is 23.6 Å². The van der Waals surface area contributed by atoms with Crippen LogP contribution in [0, 0.1) is 10.1 Å². The highest BCUT2D eigenvalue weighted by Gasteiger charge is 2.23. The molecule has 2 aromatic carbocycles. The van der Waals surface area contributed by atoms with Crippen molar-refractivity contribution >= 4 is 56.6 Å². The van der Waals surface area contributed by atoms with Gasteiger partial charge in [0.25, 0.3) is 11.6 Å². The van der Waals surface area contributed by atoms with Crippen LogP contribution in [0.25, 0.3) is 15.5 Å². The molecule has 0 bridgehead atoms. The van der Waals surface area contributed by atoms with Crippen LogP contribution < -0.4 is 15.5 Å². The maximum Gasteiger partial charge on any atom is 0.293 e. The van der Waals surface area contributed by atoms with Crippen molar-refractivity contribution in [1.82, 2.24) is 25.1 Å². The van der Waals surface area contributed by atoms with Gasteiger partial charge in [0.15, 0.2) is 10.9 Å². The molecule has 190 valence electrons. The molecule has 0 saturated carbocycles. The molecule has 0 atom stereocenters. The highest BCUT2D eigenvalue weighted by Crippen LogP contribution is 2.31. The highest BCUT2D eigenvalue weighted by atomic mass is 32.1. The van der Waals surface area contributed by atoms with Crippen LogP contribution in [0.1, 0.15) is 42.4 Å². The normalized spacial score (nSPS) is 13.5. The van der Waals surface area contributed by atoms with E-state index in [0.29, 0.717) is 16.3 Å². The zero-order valence-electron chi connectivity index (χ0n) is 20.0. The molecule has 5 rings (SSSR count). The number of nitro benzene ring substituents is 1. The van der Waals surface area contributed by atoms with Gasteiger partial charge in [0.05, 0.1) is 4.92 Å². The standard InChI is InChI=1S/C24H24N8O3S2/c1-2-20-27-28-24-31(20)29-22(37-24)16-7-6-8-17(13-16)25-23(36)26-21(33)15-9-10-18(19(14-15)32(34)35)30-11-4-3-5-12-30/h6-10,13-14H,2-5,11-12H2,1H3,(H2,25,26,33,36). The van der Waals surface area contributed by atoms with E-state index in [1.54, 1.807) is 16.6 Å². The first kappa shape index (κ1) is 24.7. The van der Waals surface area contributed by atoms with E-state index in [-0.39, 0.29) is 16.4 Å². The van der Waals surface area contributed by atoms with Crippen LogP contribution in [0.15, 0.2) is 42.5 Å². The Hall–Kier alpha value is -3.97. The van der Waals surface area contributed by atoms with E-state index < -0.39 is 10.8 Å². The molecule has 1 amide bonds. The number of hydrogen-bond donors (Lipinski definition) is 2. The second-order valence-electron chi connectivity index (χ2n) is 8.57. The topological polar surface area (TPSA) is 131 Å². The second kappa shape index (κ2) is 10.6. The van der Waals surface area contributed by atoms with Crippen molar-refractivity contribution < 1.29 is 9.72 Å². The molecule has 1 aliphatic heterocycles. The molecule has 1 aliphatic rings. The SMILES string of the molecule is CCc1nnc2sc(-c3cccc(NC(=S)NC(=O)c4ccc(N5CCCCC5)c([N+](=O)[O-])c4)c3)nn12. The minimum atomic E-state index is -0.525. The van der Waals surface area contributed by atoms with Crippen molar-refractivity contribution in [3.63, 3.8) is 0 Å². The van der Waals surface area contributed by atoms with E-state index in [9.17, 15) is 14.9 Å². The predicted octanol–water partition coefficient (Wildman–Crippen LogP) is 4.44. The van der Waals surface area contributed by atoms with Crippen molar-refractivity contribution in [3.8, 4) is 10.6 Å². The van der Waals surface area contributed by atoms with Gasteiger partial charge in [-0.2, -0.15) is 9.61 Å². The molecule has 37 heavy (non-hydrogen) atoms. The first-order valence-corrected chi connectivity index (χ1v) is 13.1. The van der Waals surface area contributed by atoms with Gasteiger partial charge in [-0.05, 0) is 55.7 Å². The summed E-state index contributed by atoms with van der Waals surface area (Å²) < 4.78 is 1.74. The van der Waals surface area contributed by atoms with E-state index in [2.05, 4.69) is 25.9 Å². The quantitative estimate of drug-likeness (QED) is 0.209. The van der Waals surface area contributed by atoms with Gasteiger partial charge in [0.2, 0.25) is 4.96 Å². The van der Waals surface area contributed by atoms with E-state index in [1.165, 1.54) is 17.4 Å². The number of aryl methyl sites for hydroxylation is 1. The third-order valence-corrected chi connectivity index (χ3v) is 7.25. The summed E-state index contributed by atoms with van der Waals surface area (Å²) in [5.74, 6) is 0.266. The van der Waals surface area contributed by atoms with Crippen molar-refractivity contribution in [2.24, 2.45) is 0 Å². The zero-order chi connectivity index (χ0) is 25.9. The van der Waals surface area contributed by atoms with Gasteiger partial charge in [0.1, 0.15) is 10.7 Å². The number of nitrogens with one attached hydrogen (secondary N) is 2. The maximum absolute atomic E-state index is 12.8. The predicted molar refractivity (Wildman–Crippen MR) is 146 cm³/mol. The Kier molecular flexibility index (Phi) is 7.06. The number of amides is 1. The van der Waals surface area contributed by atoms with Gasteiger partial charge in [-0.25, -0.2) is 0 Å². The Morgan fingerprint density at radius 2 is 1.97 bits per heavy atom. The first-order valence-electron chi connectivity index (χ1n) is 11.9. The molecule has 13 heteroatoms. The summed E-state index contributed by atoms with van der Waals surface area (Å²) in [5, 5.41) is 31.1. The Labute approximate surface area is 221 Å². The van der Waals surface area contributed by atoms with Crippen molar-refractivity contribution in [1.29, 1.82) is 0 Å². The number of carbonyl (C=O) groups excluding carboxylic acids is 1. The zero-order valence-corrected chi connectivity index (χ0v) is 21.6. The lowest BCUT2D eigenvalue weighted by Gasteiger charge is -2.28. The number of anilines is 2. The number of nitrogens with zero attached hydrogens (tertiary/aromatic N) is 6. The van der Waals surface area contributed by atoms with E-state index >= 15 is 0 Å². The molecule has 1 saturated heterocycles. The Balaban J connectivity index is 1.28. The molecule has 0 aliphatic carbocycles. The van der Waals surface area contributed by atoms with Crippen molar-refractivity contribution in [3.05, 3.63) is 64.0 Å². The lowest BCUT2D eigenvalue weighted by Crippen LogP contribution is -2.34. The molecule has 2 aromatic heterocycles. The highest BCUT2D eigenvalue weighted by molar-refractivity contribution is 7.80. The van der Waals surface area contributed by atoms with Crippen LogP contribution in [-0.4, -0.2) is 48.8 Å². The molecule has 4 aromatic rings. The van der Waals surface area contributed by atoms with Gasteiger partial charge in [-0.1, -0.05) is 30.4 Å². The van der Waals surface area contributed by atoms with Crippen molar-refractivity contribution in [2.75, 3.05) is 23.3 Å². The Morgan fingerprint density at radius 1 is 1.16 bits per heavy atom. The molecule has 1 fully saturated rings. The average Bonchev–Trinajstić information content (AvgIpc) is 3.50. The lowest BCUT2D eigenvalue weighted by atomic mass is 10.1. The fraction of sp³-hybridized carbons (Fsp3) is 0.292. The number of hydrogen-bond acceptors (Lipinski definition) is 9. The second-order valence-corrected chi connectivity index (χ2v) is 9.93. The first-order chi connectivity index (χ1) is 17.9. The summed E-state index contributed by atoms with van der Waals surface area (Å²) in [6.07, 6.45) is 3.83. The largest absolute Gasteiger partial charge is 0.366 e. The van der Waals surface area contributed by atoms with Gasteiger partial charge in [-0.3, -0.25) is 20.2 Å². The molecule has 0 spiro atoms. The number of fused-ring (bicyclic) bond motifs is 1. The molecule has 3 heterocycles. The number of piperidine rings is 1.